The Kier molecular flexibility index (Phi) is 2.58. The van der Waals surface area contributed by atoms with E-state index in [0.29, 0.717) is 0 Å². The Bertz CT molecular complexity index is 482. The Morgan fingerprint density at radius 1 is 1.06 bits per heavy atom. The van der Waals surface area contributed by atoms with Crippen molar-refractivity contribution < 1.29 is 4.90 Å². The minimum Gasteiger partial charge on any atom is -0.331 e. The quantitative estimate of drug-likeness (QED) is 0.798. The van der Waals surface area contributed by atoms with Crippen molar-refractivity contribution in [3.05, 3.63) is 42.1 Å². The zero-order valence-corrected chi connectivity index (χ0v) is 9.45. The van der Waals surface area contributed by atoms with Crippen molar-refractivity contribution in [1.29, 1.82) is 0 Å². The molecule has 0 atom stereocenters. The molecule has 0 unspecified atom stereocenters. The predicted octanol–water partition coefficient (Wildman–Crippen LogP) is 1.41. The Morgan fingerprint density at radius 3 is 2.75 bits per heavy atom. The number of aromatic nitrogens is 1. The number of hydrogen-bond donors (Lipinski definition) is 1. The molecule has 2 aromatic rings. The molecule has 0 spiro atoms. The van der Waals surface area contributed by atoms with E-state index in [0.717, 1.165) is 6.54 Å². The molecule has 0 saturated carbocycles. The molecule has 1 aromatic heterocycles. The lowest BCUT2D eigenvalue weighted by Crippen LogP contribution is -3.08. The first-order chi connectivity index (χ1) is 7.93. The van der Waals surface area contributed by atoms with Gasteiger partial charge in [0.25, 0.3) is 0 Å². The highest BCUT2D eigenvalue weighted by molar-refractivity contribution is 5.81. The Balaban J connectivity index is 1.96. The van der Waals surface area contributed by atoms with Crippen molar-refractivity contribution in [2.24, 2.45) is 0 Å². The van der Waals surface area contributed by atoms with Crippen molar-refractivity contribution >= 4 is 10.9 Å². The molecule has 2 nitrogen and oxygen atoms in total. The van der Waals surface area contributed by atoms with E-state index in [1.54, 1.807) is 4.90 Å². The third-order valence-electron chi connectivity index (χ3n) is 3.47. The second-order valence-corrected chi connectivity index (χ2v) is 4.63. The van der Waals surface area contributed by atoms with E-state index in [4.69, 9.17) is 0 Å². The molecule has 16 heavy (non-hydrogen) atoms. The van der Waals surface area contributed by atoms with Crippen molar-refractivity contribution in [2.45, 2.75) is 19.4 Å². The summed E-state index contributed by atoms with van der Waals surface area (Å²) in [5.74, 6) is 0. The lowest BCUT2D eigenvalue weighted by atomic mass is 10.1. The maximum atomic E-state index is 4.51. The number of rotatable bonds is 2. The molecule has 0 bridgehead atoms. The van der Waals surface area contributed by atoms with Crippen LogP contribution in [0.2, 0.25) is 0 Å². The summed E-state index contributed by atoms with van der Waals surface area (Å²) in [5.41, 5.74) is 2.58. The second-order valence-electron chi connectivity index (χ2n) is 4.63. The highest BCUT2D eigenvalue weighted by Gasteiger charge is 2.16. The summed E-state index contributed by atoms with van der Waals surface area (Å²) in [6, 6.07) is 10.7. The van der Waals surface area contributed by atoms with Crippen LogP contribution in [0.1, 0.15) is 18.4 Å². The van der Waals surface area contributed by atoms with Crippen molar-refractivity contribution in [2.75, 3.05) is 13.1 Å². The number of pyridine rings is 1. The topological polar surface area (TPSA) is 17.3 Å². The highest BCUT2D eigenvalue weighted by Crippen LogP contribution is 2.15. The molecule has 1 aliphatic rings. The van der Waals surface area contributed by atoms with Crippen LogP contribution >= 0.6 is 0 Å². The lowest BCUT2D eigenvalue weighted by Gasteiger charge is -2.13. The van der Waals surface area contributed by atoms with Crippen LogP contribution in [0.3, 0.4) is 0 Å². The van der Waals surface area contributed by atoms with Crippen LogP contribution in [-0.4, -0.2) is 18.1 Å². The smallest absolute Gasteiger partial charge is 0.105 e. The Morgan fingerprint density at radius 2 is 1.88 bits per heavy atom. The van der Waals surface area contributed by atoms with Gasteiger partial charge in [-0.2, -0.15) is 0 Å². The molecule has 1 N–H and O–H groups in total. The van der Waals surface area contributed by atoms with Gasteiger partial charge in [0.2, 0.25) is 0 Å². The minimum atomic E-state index is 1.13. The summed E-state index contributed by atoms with van der Waals surface area (Å²) in [4.78, 5) is 6.22. The molecule has 1 saturated heterocycles. The first-order valence-corrected chi connectivity index (χ1v) is 6.10. The van der Waals surface area contributed by atoms with Gasteiger partial charge in [0.05, 0.1) is 18.6 Å². The largest absolute Gasteiger partial charge is 0.331 e. The summed E-state index contributed by atoms with van der Waals surface area (Å²) in [5, 5.41) is 1.26. The molecule has 0 radical (unpaired) electrons. The number of para-hydroxylation sites is 1. The van der Waals surface area contributed by atoms with Gasteiger partial charge in [0, 0.05) is 30.0 Å². The van der Waals surface area contributed by atoms with E-state index in [-0.39, 0.29) is 0 Å². The van der Waals surface area contributed by atoms with Crippen molar-refractivity contribution in [3.63, 3.8) is 0 Å². The van der Waals surface area contributed by atoms with Gasteiger partial charge >= 0.3 is 0 Å². The van der Waals surface area contributed by atoms with Crippen molar-refractivity contribution in [1.82, 2.24) is 4.98 Å². The van der Waals surface area contributed by atoms with Crippen LogP contribution in [0.25, 0.3) is 10.9 Å². The zero-order chi connectivity index (χ0) is 10.8. The fraction of sp³-hybridized carbons (Fsp3) is 0.357. The molecule has 3 rings (SSSR count). The summed E-state index contributed by atoms with van der Waals surface area (Å²) in [6.45, 7) is 3.78. The summed E-state index contributed by atoms with van der Waals surface area (Å²) < 4.78 is 0. The molecular formula is C14H17N2+. The van der Waals surface area contributed by atoms with Crippen molar-refractivity contribution in [3.8, 4) is 0 Å². The fourth-order valence-corrected chi connectivity index (χ4v) is 2.63. The average Bonchev–Trinajstić information content (AvgIpc) is 2.82. The number of nitrogens with one attached hydrogen (secondary N) is 1. The summed E-state index contributed by atoms with van der Waals surface area (Å²) in [7, 11) is 0. The van der Waals surface area contributed by atoms with Crippen LogP contribution in [0, 0.1) is 0 Å². The second kappa shape index (κ2) is 4.22. The highest BCUT2D eigenvalue weighted by atomic mass is 15.1. The van der Waals surface area contributed by atoms with Crippen LogP contribution in [0.4, 0.5) is 0 Å². The minimum absolute atomic E-state index is 1.13. The predicted molar refractivity (Wildman–Crippen MR) is 65.4 cm³/mol. The zero-order valence-electron chi connectivity index (χ0n) is 9.45. The van der Waals surface area contributed by atoms with Gasteiger partial charge in [0.15, 0.2) is 0 Å². The van der Waals surface area contributed by atoms with E-state index >= 15 is 0 Å². The molecule has 1 aliphatic heterocycles. The third-order valence-corrected chi connectivity index (χ3v) is 3.47. The summed E-state index contributed by atoms with van der Waals surface area (Å²) >= 11 is 0. The summed E-state index contributed by atoms with van der Waals surface area (Å²) in [6.07, 6.45) is 4.66. The average molecular weight is 213 g/mol. The number of quaternary nitrogens is 1. The van der Waals surface area contributed by atoms with Gasteiger partial charge in [-0.15, -0.1) is 0 Å². The Hall–Kier alpha value is -1.41. The molecule has 0 amide bonds. The van der Waals surface area contributed by atoms with E-state index < -0.39 is 0 Å². The van der Waals surface area contributed by atoms with Crippen LogP contribution < -0.4 is 4.90 Å². The maximum Gasteiger partial charge on any atom is 0.105 e. The molecular weight excluding hydrogens is 196 g/mol. The monoisotopic (exact) mass is 213 g/mol. The van der Waals surface area contributed by atoms with E-state index in [1.165, 1.54) is 42.4 Å². The first-order valence-electron chi connectivity index (χ1n) is 6.10. The number of hydrogen-bond acceptors (Lipinski definition) is 1. The lowest BCUT2D eigenvalue weighted by molar-refractivity contribution is -0.901. The van der Waals surface area contributed by atoms with E-state index in [1.807, 2.05) is 12.3 Å². The van der Waals surface area contributed by atoms with Gasteiger partial charge in [-0.05, 0) is 6.07 Å². The van der Waals surface area contributed by atoms with Gasteiger partial charge in [0.1, 0.15) is 6.54 Å². The first kappa shape index (κ1) is 9.79. The van der Waals surface area contributed by atoms with Gasteiger partial charge in [-0.25, -0.2) is 0 Å². The molecule has 82 valence electrons. The third kappa shape index (κ3) is 1.81. The number of nitrogens with zero attached hydrogens (tertiary/aromatic N) is 1. The van der Waals surface area contributed by atoms with Gasteiger partial charge in [-0.1, -0.05) is 24.3 Å². The van der Waals surface area contributed by atoms with Crippen LogP contribution in [-0.2, 0) is 6.54 Å². The Labute approximate surface area is 95.9 Å². The van der Waals surface area contributed by atoms with E-state index in [9.17, 15) is 0 Å². The van der Waals surface area contributed by atoms with Crippen LogP contribution in [0.5, 0.6) is 0 Å². The normalized spacial score (nSPS) is 17.0. The van der Waals surface area contributed by atoms with Crippen LogP contribution in [0.15, 0.2) is 36.5 Å². The molecule has 1 aromatic carbocycles. The number of benzene rings is 1. The molecule has 0 aliphatic carbocycles. The SMILES string of the molecule is c1cnc2c(C[NH+]3CCCC3)cccc2c1. The maximum absolute atomic E-state index is 4.51. The number of fused-ring (bicyclic) bond motifs is 1. The van der Waals surface area contributed by atoms with E-state index in [2.05, 4.69) is 29.2 Å². The van der Waals surface area contributed by atoms with Gasteiger partial charge < -0.3 is 4.90 Å². The number of likely N-dealkylation sites (tertiary alicyclic amines) is 1. The standard InChI is InChI=1S/C14H16N2/c1-2-10-16(9-1)11-13-6-3-5-12-7-4-8-15-14(12)13/h3-8H,1-2,9-11H2/p+1. The fourth-order valence-electron chi connectivity index (χ4n) is 2.63. The molecule has 2 heterocycles. The molecule has 1 fully saturated rings. The molecule has 2 heteroatoms. The van der Waals surface area contributed by atoms with Gasteiger partial charge in [-0.3, -0.25) is 4.98 Å².